The first-order valence-electron chi connectivity index (χ1n) is 8.24. The average molecular weight is 372 g/mol. The van der Waals surface area contributed by atoms with Gasteiger partial charge in [0.2, 0.25) is 0 Å². The second-order valence-corrected chi connectivity index (χ2v) is 7.09. The van der Waals surface area contributed by atoms with Crippen LogP contribution in [0.3, 0.4) is 0 Å². The van der Waals surface area contributed by atoms with Crippen LogP contribution in [0.2, 0.25) is 0 Å². The third-order valence-electron chi connectivity index (χ3n) is 4.06. The molecule has 0 saturated carbocycles. The number of carbonyl (C=O) groups is 2. The maximum Gasteiger partial charge on any atom is 0.303 e. The Bertz CT molecular complexity index is 809. The zero-order valence-corrected chi connectivity index (χ0v) is 15.1. The van der Waals surface area contributed by atoms with Gasteiger partial charge in [-0.05, 0) is 29.8 Å². The number of amides is 1. The number of fused-ring (bicyclic) bond motifs is 1. The van der Waals surface area contributed by atoms with Crippen LogP contribution in [0.4, 0.5) is 5.69 Å². The molecule has 1 aliphatic rings. The van der Waals surface area contributed by atoms with Gasteiger partial charge in [-0.25, -0.2) is 0 Å². The van der Waals surface area contributed by atoms with Crippen molar-refractivity contribution < 1.29 is 19.4 Å². The maximum atomic E-state index is 13.2. The van der Waals surface area contributed by atoms with Crippen molar-refractivity contribution in [2.75, 3.05) is 18.0 Å². The second kappa shape index (κ2) is 7.80. The highest BCUT2D eigenvalue weighted by molar-refractivity contribution is 7.99. The van der Waals surface area contributed by atoms with Crippen LogP contribution in [-0.2, 0) is 14.3 Å². The molecule has 1 aliphatic heterocycles. The number of carbonyl (C=O) groups excluding carboxylic acids is 2. The lowest BCUT2D eigenvalue weighted by Crippen LogP contribution is -2.44. The highest BCUT2D eigenvalue weighted by Gasteiger charge is 2.40. The van der Waals surface area contributed by atoms with E-state index in [1.165, 1.54) is 18.7 Å². The normalized spacial score (nSPS) is 19.6. The van der Waals surface area contributed by atoms with Gasteiger partial charge in [-0.15, -0.1) is 11.8 Å². The number of anilines is 1. The average Bonchev–Trinajstić information content (AvgIpc) is 2.73. The fourth-order valence-electron chi connectivity index (χ4n) is 2.94. The van der Waals surface area contributed by atoms with E-state index in [-0.39, 0.29) is 11.7 Å². The molecule has 0 saturated heterocycles. The fraction of sp³-hybridized carbons (Fsp3) is 0.263. The van der Waals surface area contributed by atoms with Crippen LogP contribution in [0.25, 0.3) is 0 Å². The Morgan fingerprint density at radius 3 is 2.58 bits per heavy atom. The number of para-hydroxylation sites is 1. The van der Waals surface area contributed by atoms with Gasteiger partial charge in [0.05, 0.1) is 10.9 Å². The standard InChI is InChI=1S/C19H20N2O4S/c1-12(22)25-17-18(13-6-8-14(23)9-7-13)26-16-5-3-2-4-15(16)21(11-10-20)19(17)24/h2-9,17-18,23H,10-11,20H2,1H3/t17-,18-/m1/s1. The van der Waals surface area contributed by atoms with Gasteiger partial charge < -0.3 is 20.5 Å². The fourth-order valence-corrected chi connectivity index (χ4v) is 4.26. The number of rotatable bonds is 4. The van der Waals surface area contributed by atoms with Crippen LogP contribution in [0.1, 0.15) is 17.7 Å². The van der Waals surface area contributed by atoms with Crippen molar-refractivity contribution >= 4 is 29.3 Å². The monoisotopic (exact) mass is 372 g/mol. The highest BCUT2D eigenvalue weighted by atomic mass is 32.2. The summed E-state index contributed by atoms with van der Waals surface area (Å²) in [5.41, 5.74) is 7.25. The van der Waals surface area contributed by atoms with Crippen molar-refractivity contribution in [3.05, 3.63) is 54.1 Å². The molecule has 0 spiro atoms. The predicted octanol–water partition coefficient (Wildman–Crippen LogP) is 2.46. The molecule has 2 atom stereocenters. The Morgan fingerprint density at radius 1 is 1.23 bits per heavy atom. The van der Waals surface area contributed by atoms with Crippen LogP contribution in [-0.4, -0.2) is 36.2 Å². The van der Waals surface area contributed by atoms with Crippen LogP contribution in [0.15, 0.2) is 53.4 Å². The SMILES string of the molecule is CC(=O)O[C@H]1C(=O)N(CCN)c2ccccc2S[C@@H]1c1ccc(O)cc1. The van der Waals surface area contributed by atoms with Gasteiger partial charge in [-0.3, -0.25) is 9.59 Å². The summed E-state index contributed by atoms with van der Waals surface area (Å²) in [6.45, 7) is 1.91. The number of thioether (sulfide) groups is 1. The molecule has 1 amide bonds. The van der Waals surface area contributed by atoms with Gasteiger partial charge in [0.15, 0.2) is 6.10 Å². The minimum Gasteiger partial charge on any atom is -0.508 e. The Hall–Kier alpha value is -2.51. The molecular formula is C19H20N2O4S. The van der Waals surface area contributed by atoms with Crippen molar-refractivity contribution in [1.29, 1.82) is 0 Å². The van der Waals surface area contributed by atoms with Gasteiger partial charge in [0.25, 0.3) is 5.91 Å². The smallest absolute Gasteiger partial charge is 0.303 e. The van der Waals surface area contributed by atoms with E-state index in [1.807, 2.05) is 24.3 Å². The molecule has 136 valence electrons. The van der Waals surface area contributed by atoms with Gasteiger partial charge in [0.1, 0.15) is 5.75 Å². The molecule has 0 fully saturated rings. The van der Waals surface area contributed by atoms with Gasteiger partial charge >= 0.3 is 5.97 Å². The Balaban J connectivity index is 2.11. The van der Waals surface area contributed by atoms with Crippen molar-refractivity contribution in [2.45, 2.75) is 23.2 Å². The molecule has 2 aromatic carbocycles. The lowest BCUT2D eigenvalue weighted by atomic mass is 10.1. The van der Waals surface area contributed by atoms with E-state index in [4.69, 9.17) is 10.5 Å². The van der Waals surface area contributed by atoms with Crippen molar-refractivity contribution in [3.8, 4) is 5.75 Å². The summed E-state index contributed by atoms with van der Waals surface area (Å²) in [6.07, 6.45) is -0.985. The maximum absolute atomic E-state index is 13.2. The first kappa shape index (κ1) is 18.3. The van der Waals surface area contributed by atoms with Gasteiger partial charge in [-0.1, -0.05) is 24.3 Å². The molecule has 7 heteroatoms. The molecule has 0 unspecified atom stereocenters. The number of hydrogen-bond donors (Lipinski definition) is 2. The molecule has 6 nitrogen and oxygen atoms in total. The Morgan fingerprint density at radius 2 is 1.92 bits per heavy atom. The molecule has 0 bridgehead atoms. The number of ether oxygens (including phenoxy) is 1. The molecule has 3 rings (SSSR count). The van der Waals surface area contributed by atoms with Crippen molar-refractivity contribution in [2.24, 2.45) is 5.73 Å². The summed E-state index contributed by atoms with van der Waals surface area (Å²) in [4.78, 5) is 27.4. The predicted molar refractivity (Wildman–Crippen MR) is 100 cm³/mol. The zero-order chi connectivity index (χ0) is 18.7. The number of esters is 1. The summed E-state index contributed by atoms with van der Waals surface area (Å²) < 4.78 is 5.43. The second-order valence-electron chi connectivity index (χ2n) is 5.91. The quantitative estimate of drug-likeness (QED) is 0.801. The largest absolute Gasteiger partial charge is 0.508 e. The molecule has 3 N–H and O–H groups in total. The minimum absolute atomic E-state index is 0.132. The third-order valence-corrected chi connectivity index (χ3v) is 5.43. The van der Waals surface area contributed by atoms with E-state index < -0.39 is 17.3 Å². The summed E-state index contributed by atoms with van der Waals surface area (Å²) in [5, 5.41) is 9.13. The summed E-state index contributed by atoms with van der Waals surface area (Å²) in [7, 11) is 0. The molecule has 26 heavy (non-hydrogen) atoms. The van der Waals surface area contributed by atoms with Crippen LogP contribution in [0, 0.1) is 0 Å². The van der Waals surface area contributed by atoms with E-state index in [1.54, 1.807) is 29.2 Å². The molecular weight excluding hydrogens is 352 g/mol. The Kier molecular flexibility index (Phi) is 5.49. The molecule has 1 heterocycles. The zero-order valence-electron chi connectivity index (χ0n) is 14.3. The van der Waals surface area contributed by atoms with Gasteiger partial charge in [0, 0.05) is 24.9 Å². The molecule has 0 aromatic heterocycles. The van der Waals surface area contributed by atoms with Crippen LogP contribution >= 0.6 is 11.8 Å². The lowest BCUT2D eigenvalue weighted by molar-refractivity contribution is -0.152. The summed E-state index contributed by atoms with van der Waals surface area (Å²) >= 11 is 1.46. The number of benzene rings is 2. The molecule has 0 aliphatic carbocycles. The van der Waals surface area contributed by atoms with Gasteiger partial charge in [-0.2, -0.15) is 0 Å². The minimum atomic E-state index is -0.985. The first-order valence-corrected chi connectivity index (χ1v) is 9.12. The van der Waals surface area contributed by atoms with Crippen molar-refractivity contribution in [1.82, 2.24) is 0 Å². The van der Waals surface area contributed by atoms with Crippen LogP contribution < -0.4 is 10.6 Å². The number of nitrogens with two attached hydrogens (primary N) is 1. The first-order chi connectivity index (χ1) is 12.5. The van der Waals surface area contributed by atoms with E-state index in [2.05, 4.69) is 0 Å². The van der Waals surface area contributed by atoms with E-state index >= 15 is 0 Å². The number of hydrogen-bond acceptors (Lipinski definition) is 6. The van der Waals surface area contributed by atoms with E-state index in [9.17, 15) is 14.7 Å². The topological polar surface area (TPSA) is 92.9 Å². The Labute approximate surface area is 155 Å². The number of nitrogens with zero attached hydrogens (tertiary/aromatic N) is 1. The number of phenolic OH excluding ortho intramolecular Hbond substituents is 1. The van der Waals surface area contributed by atoms with Crippen LogP contribution in [0.5, 0.6) is 5.75 Å². The molecule has 2 aromatic rings. The summed E-state index contributed by atoms with van der Waals surface area (Å²) in [5.74, 6) is -0.694. The summed E-state index contributed by atoms with van der Waals surface area (Å²) in [6, 6.07) is 14.1. The number of phenols is 1. The molecule has 0 radical (unpaired) electrons. The van der Waals surface area contributed by atoms with Crippen molar-refractivity contribution in [3.63, 3.8) is 0 Å². The lowest BCUT2D eigenvalue weighted by Gasteiger charge is -2.27. The third kappa shape index (κ3) is 3.68. The van der Waals surface area contributed by atoms with E-state index in [0.717, 1.165) is 16.1 Å². The number of aromatic hydroxyl groups is 1. The highest BCUT2D eigenvalue weighted by Crippen LogP contribution is 2.46. The van der Waals surface area contributed by atoms with E-state index in [0.29, 0.717) is 13.1 Å².